The molecule has 20 heavy (non-hydrogen) atoms. The first-order valence-electron chi connectivity index (χ1n) is 8.09. The van der Waals surface area contributed by atoms with Gasteiger partial charge in [0.1, 0.15) is 5.60 Å². The highest BCUT2D eigenvalue weighted by molar-refractivity contribution is 5.68. The van der Waals surface area contributed by atoms with Crippen molar-refractivity contribution in [2.75, 3.05) is 0 Å². The van der Waals surface area contributed by atoms with E-state index in [0.29, 0.717) is 12.1 Å². The molecule has 3 unspecified atom stereocenters. The third-order valence-electron chi connectivity index (χ3n) is 3.75. The van der Waals surface area contributed by atoms with Gasteiger partial charge in [-0.05, 0) is 52.9 Å². The number of rotatable bonds is 6. The van der Waals surface area contributed by atoms with Gasteiger partial charge in [-0.1, -0.05) is 20.3 Å². The van der Waals surface area contributed by atoms with Crippen molar-refractivity contribution >= 4 is 6.09 Å². The quantitative estimate of drug-likeness (QED) is 0.783. The summed E-state index contributed by atoms with van der Waals surface area (Å²) in [5.74, 6) is 0. The molecule has 118 valence electrons. The van der Waals surface area contributed by atoms with E-state index < -0.39 is 5.60 Å². The molecule has 0 aromatic rings. The lowest BCUT2D eigenvalue weighted by molar-refractivity contribution is 0.0505. The zero-order chi connectivity index (χ0) is 15.2. The molecule has 0 heterocycles. The summed E-state index contributed by atoms with van der Waals surface area (Å²) in [6.07, 6.45) is 6.53. The molecule has 1 aliphatic rings. The summed E-state index contributed by atoms with van der Waals surface area (Å²) in [4.78, 5) is 11.7. The van der Waals surface area contributed by atoms with Crippen LogP contribution in [0.5, 0.6) is 0 Å². The Morgan fingerprint density at radius 2 is 1.90 bits per heavy atom. The Morgan fingerprint density at radius 3 is 2.45 bits per heavy atom. The monoisotopic (exact) mass is 284 g/mol. The normalized spacial score (nSPS) is 24.4. The first kappa shape index (κ1) is 17.3. The Kier molecular flexibility index (Phi) is 6.80. The number of alkyl carbamates (subject to hydrolysis) is 1. The maximum absolute atomic E-state index is 11.7. The number of nitrogens with one attached hydrogen (secondary N) is 2. The van der Waals surface area contributed by atoms with Gasteiger partial charge in [0.15, 0.2) is 0 Å². The van der Waals surface area contributed by atoms with Crippen molar-refractivity contribution in [3.05, 3.63) is 0 Å². The Bertz CT molecular complexity index is 299. The van der Waals surface area contributed by atoms with Crippen LogP contribution < -0.4 is 10.6 Å². The second kappa shape index (κ2) is 7.87. The minimum atomic E-state index is -0.422. The van der Waals surface area contributed by atoms with Crippen LogP contribution in [0.4, 0.5) is 4.79 Å². The molecule has 4 nitrogen and oxygen atoms in total. The van der Waals surface area contributed by atoms with Crippen molar-refractivity contribution in [1.29, 1.82) is 0 Å². The highest BCUT2D eigenvalue weighted by Gasteiger charge is 2.28. The van der Waals surface area contributed by atoms with Crippen molar-refractivity contribution < 1.29 is 9.53 Å². The molecule has 1 aliphatic carbocycles. The minimum Gasteiger partial charge on any atom is -0.444 e. The van der Waals surface area contributed by atoms with E-state index in [1.807, 2.05) is 20.8 Å². The molecule has 2 N–H and O–H groups in total. The smallest absolute Gasteiger partial charge is 0.407 e. The maximum Gasteiger partial charge on any atom is 0.407 e. The summed E-state index contributed by atoms with van der Waals surface area (Å²) >= 11 is 0. The second-order valence-corrected chi connectivity index (χ2v) is 6.91. The maximum atomic E-state index is 11.7. The molecule has 0 bridgehead atoms. The first-order chi connectivity index (χ1) is 9.34. The molecular weight excluding hydrogens is 252 g/mol. The number of hydrogen-bond donors (Lipinski definition) is 2. The molecule has 0 saturated heterocycles. The van der Waals surface area contributed by atoms with Gasteiger partial charge in [0.2, 0.25) is 0 Å². The third-order valence-corrected chi connectivity index (χ3v) is 3.75. The minimum absolute atomic E-state index is 0.251. The summed E-state index contributed by atoms with van der Waals surface area (Å²) in [6.45, 7) is 10.1. The van der Waals surface area contributed by atoms with Crippen molar-refractivity contribution in [2.45, 2.75) is 96.9 Å². The van der Waals surface area contributed by atoms with Crippen LogP contribution in [0.1, 0.15) is 73.1 Å². The van der Waals surface area contributed by atoms with Crippen molar-refractivity contribution in [2.24, 2.45) is 0 Å². The van der Waals surface area contributed by atoms with Crippen LogP contribution in [0.2, 0.25) is 0 Å². The fourth-order valence-electron chi connectivity index (χ4n) is 2.83. The Balaban J connectivity index is 2.31. The van der Waals surface area contributed by atoms with Crippen LogP contribution in [0.3, 0.4) is 0 Å². The van der Waals surface area contributed by atoms with Crippen LogP contribution in [-0.2, 0) is 4.74 Å². The van der Waals surface area contributed by atoms with E-state index in [0.717, 1.165) is 19.3 Å². The van der Waals surface area contributed by atoms with Crippen LogP contribution >= 0.6 is 0 Å². The summed E-state index contributed by atoms with van der Waals surface area (Å²) in [5.41, 5.74) is -0.422. The van der Waals surface area contributed by atoms with Gasteiger partial charge in [-0.3, -0.25) is 0 Å². The van der Waals surface area contributed by atoms with E-state index in [1.54, 1.807) is 0 Å². The van der Waals surface area contributed by atoms with Crippen molar-refractivity contribution in [3.63, 3.8) is 0 Å². The van der Waals surface area contributed by atoms with Gasteiger partial charge in [-0.15, -0.1) is 0 Å². The SMILES string of the molecule is CCCC(CC)NC1CCC(NC(=O)OC(C)(C)C)C1. The fraction of sp³-hybridized carbons (Fsp3) is 0.938. The van der Waals surface area contributed by atoms with Crippen LogP contribution in [-0.4, -0.2) is 29.8 Å². The fourth-order valence-corrected chi connectivity index (χ4v) is 2.83. The first-order valence-corrected chi connectivity index (χ1v) is 8.09. The molecule has 0 spiro atoms. The zero-order valence-corrected chi connectivity index (χ0v) is 13.8. The van der Waals surface area contributed by atoms with E-state index in [9.17, 15) is 4.79 Å². The van der Waals surface area contributed by atoms with Gasteiger partial charge >= 0.3 is 6.09 Å². The molecular formula is C16H32N2O2. The second-order valence-electron chi connectivity index (χ2n) is 6.91. The Hall–Kier alpha value is -0.770. The highest BCUT2D eigenvalue weighted by atomic mass is 16.6. The lowest BCUT2D eigenvalue weighted by Crippen LogP contribution is -2.40. The average Bonchev–Trinajstić information content (AvgIpc) is 2.73. The molecule has 1 rings (SSSR count). The van der Waals surface area contributed by atoms with Gasteiger partial charge in [0.25, 0.3) is 0 Å². The van der Waals surface area contributed by atoms with Crippen molar-refractivity contribution in [3.8, 4) is 0 Å². The van der Waals surface area contributed by atoms with Gasteiger partial charge in [-0.25, -0.2) is 4.79 Å². The van der Waals surface area contributed by atoms with Gasteiger partial charge in [0, 0.05) is 18.1 Å². The standard InChI is InChI=1S/C16H32N2O2/c1-6-8-12(7-2)17-13-9-10-14(11-13)18-15(19)20-16(3,4)5/h12-14,17H,6-11H2,1-5H3,(H,18,19). The van der Waals surface area contributed by atoms with E-state index in [-0.39, 0.29) is 12.1 Å². The molecule has 0 radical (unpaired) electrons. The van der Waals surface area contributed by atoms with Crippen molar-refractivity contribution in [1.82, 2.24) is 10.6 Å². The lowest BCUT2D eigenvalue weighted by Gasteiger charge is -2.23. The summed E-state index contributed by atoms with van der Waals surface area (Å²) in [5, 5.41) is 6.71. The molecule has 1 saturated carbocycles. The predicted octanol–water partition coefficient (Wildman–Crippen LogP) is 3.60. The number of hydrogen-bond acceptors (Lipinski definition) is 3. The zero-order valence-electron chi connectivity index (χ0n) is 13.8. The molecule has 0 aromatic heterocycles. The molecule has 3 atom stereocenters. The Labute approximate surface area is 124 Å². The van der Waals surface area contributed by atoms with Gasteiger partial charge in [0.05, 0.1) is 0 Å². The van der Waals surface area contributed by atoms with Crippen LogP contribution in [0, 0.1) is 0 Å². The number of carbonyl (C=O) groups is 1. The van der Waals surface area contributed by atoms with Crippen LogP contribution in [0.15, 0.2) is 0 Å². The van der Waals surface area contributed by atoms with E-state index in [1.165, 1.54) is 19.3 Å². The average molecular weight is 284 g/mol. The largest absolute Gasteiger partial charge is 0.444 e. The van der Waals surface area contributed by atoms with E-state index in [2.05, 4.69) is 24.5 Å². The van der Waals surface area contributed by atoms with E-state index in [4.69, 9.17) is 4.74 Å². The van der Waals surface area contributed by atoms with Gasteiger partial charge < -0.3 is 15.4 Å². The van der Waals surface area contributed by atoms with Gasteiger partial charge in [-0.2, -0.15) is 0 Å². The Morgan fingerprint density at radius 1 is 1.25 bits per heavy atom. The number of ether oxygens (including phenoxy) is 1. The summed E-state index contributed by atoms with van der Waals surface area (Å²) in [6, 6.07) is 1.40. The molecule has 0 aromatic carbocycles. The number of carbonyl (C=O) groups excluding carboxylic acids is 1. The third kappa shape index (κ3) is 6.60. The molecule has 0 aliphatic heterocycles. The topological polar surface area (TPSA) is 50.4 Å². The number of amides is 1. The molecule has 1 amide bonds. The lowest BCUT2D eigenvalue weighted by atomic mass is 10.1. The van der Waals surface area contributed by atoms with Crippen LogP contribution in [0.25, 0.3) is 0 Å². The molecule has 4 heteroatoms. The highest BCUT2D eigenvalue weighted by Crippen LogP contribution is 2.21. The summed E-state index contributed by atoms with van der Waals surface area (Å²) in [7, 11) is 0. The summed E-state index contributed by atoms with van der Waals surface area (Å²) < 4.78 is 5.31. The predicted molar refractivity (Wildman–Crippen MR) is 82.9 cm³/mol. The van der Waals surface area contributed by atoms with E-state index >= 15 is 0 Å². The molecule has 1 fully saturated rings.